The van der Waals surface area contributed by atoms with Crippen LogP contribution in [0.4, 0.5) is 0 Å². The van der Waals surface area contributed by atoms with E-state index in [2.05, 4.69) is 16.2 Å². The fourth-order valence-corrected chi connectivity index (χ4v) is 1.63. The van der Waals surface area contributed by atoms with Crippen molar-refractivity contribution in [3.8, 4) is 12.3 Å². The molecule has 1 N–H and O–H groups in total. The van der Waals surface area contributed by atoms with E-state index in [4.69, 9.17) is 6.42 Å². The van der Waals surface area contributed by atoms with Gasteiger partial charge < -0.3 is 5.32 Å². The van der Waals surface area contributed by atoms with Gasteiger partial charge in [0.2, 0.25) is 0 Å². The lowest BCUT2D eigenvalue weighted by atomic mass is 10.5. The van der Waals surface area contributed by atoms with Crippen LogP contribution < -0.4 is 5.32 Å². The summed E-state index contributed by atoms with van der Waals surface area (Å²) in [6.45, 7) is 1.59. The molecule has 3 heteroatoms. The lowest BCUT2D eigenvalue weighted by Crippen LogP contribution is -2.16. The summed E-state index contributed by atoms with van der Waals surface area (Å²) in [6.07, 6.45) is 8.70. The van der Waals surface area contributed by atoms with E-state index in [0.29, 0.717) is 6.54 Å². The molecule has 0 unspecified atom stereocenters. The van der Waals surface area contributed by atoms with Gasteiger partial charge in [0.15, 0.2) is 0 Å². The lowest BCUT2D eigenvalue weighted by molar-refractivity contribution is 0.818. The molecule has 13 heavy (non-hydrogen) atoms. The summed E-state index contributed by atoms with van der Waals surface area (Å²) < 4.78 is 0. The first kappa shape index (κ1) is 10.1. The minimum absolute atomic E-state index is 0.650. The van der Waals surface area contributed by atoms with Gasteiger partial charge in [-0.05, 0) is 12.1 Å². The minimum atomic E-state index is 0.650. The summed E-state index contributed by atoms with van der Waals surface area (Å²) in [5, 5.41) is 3.13. The van der Waals surface area contributed by atoms with Crippen LogP contribution in [0.3, 0.4) is 0 Å². The number of hydrogen-bond acceptors (Lipinski definition) is 3. The third-order valence-electron chi connectivity index (χ3n) is 1.42. The van der Waals surface area contributed by atoms with Crippen molar-refractivity contribution in [2.45, 2.75) is 4.90 Å². The second-order valence-electron chi connectivity index (χ2n) is 2.41. The second-order valence-corrected chi connectivity index (χ2v) is 3.58. The fourth-order valence-electron chi connectivity index (χ4n) is 0.836. The Morgan fingerprint density at radius 1 is 1.46 bits per heavy atom. The van der Waals surface area contributed by atoms with Crippen molar-refractivity contribution in [2.24, 2.45) is 0 Å². The summed E-state index contributed by atoms with van der Waals surface area (Å²) in [4.78, 5) is 5.20. The Bertz CT molecular complexity index is 266. The number of pyridine rings is 1. The van der Waals surface area contributed by atoms with Crippen molar-refractivity contribution in [1.82, 2.24) is 10.3 Å². The van der Waals surface area contributed by atoms with Crippen LogP contribution >= 0.6 is 11.8 Å². The van der Waals surface area contributed by atoms with Crippen LogP contribution in [0.15, 0.2) is 29.4 Å². The van der Waals surface area contributed by atoms with E-state index in [1.165, 1.54) is 4.90 Å². The maximum Gasteiger partial charge on any atom is 0.0574 e. The van der Waals surface area contributed by atoms with Crippen molar-refractivity contribution < 1.29 is 0 Å². The smallest absolute Gasteiger partial charge is 0.0574 e. The zero-order valence-electron chi connectivity index (χ0n) is 7.36. The molecular weight excluding hydrogens is 180 g/mol. The Morgan fingerprint density at radius 2 is 2.23 bits per heavy atom. The molecule has 1 heterocycles. The molecule has 0 aliphatic rings. The topological polar surface area (TPSA) is 24.9 Å². The normalized spacial score (nSPS) is 9.46. The number of hydrogen-bond donors (Lipinski definition) is 1. The first-order chi connectivity index (χ1) is 6.43. The molecule has 2 nitrogen and oxygen atoms in total. The number of terminal acetylenes is 1. The molecule has 0 radical (unpaired) electrons. The van der Waals surface area contributed by atoms with Crippen LogP contribution in [0.5, 0.6) is 0 Å². The van der Waals surface area contributed by atoms with Gasteiger partial charge in [-0.25, -0.2) is 0 Å². The van der Waals surface area contributed by atoms with Gasteiger partial charge in [-0.3, -0.25) is 4.98 Å². The standard InChI is InChI=1S/C10H12N2S/c1-2-5-11-8-9-13-10-3-6-12-7-4-10/h1,3-4,6-7,11H,5,8-9H2. The zero-order chi connectivity index (χ0) is 9.36. The molecule has 0 saturated heterocycles. The first-order valence-corrected chi connectivity index (χ1v) is 5.09. The maximum atomic E-state index is 5.09. The largest absolute Gasteiger partial charge is 0.305 e. The minimum Gasteiger partial charge on any atom is -0.305 e. The van der Waals surface area contributed by atoms with Crippen molar-refractivity contribution >= 4 is 11.8 Å². The van der Waals surface area contributed by atoms with Crippen LogP contribution in [-0.4, -0.2) is 23.8 Å². The third-order valence-corrected chi connectivity index (χ3v) is 2.44. The quantitative estimate of drug-likeness (QED) is 0.433. The van der Waals surface area contributed by atoms with Crippen LogP contribution in [-0.2, 0) is 0 Å². The van der Waals surface area contributed by atoms with Crippen molar-refractivity contribution in [3.63, 3.8) is 0 Å². The Kier molecular flexibility index (Phi) is 5.07. The van der Waals surface area contributed by atoms with E-state index < -0.39 is 0 Å². The summed E-state index contributed by atoms with van der Waals surface area (Å²) in [5.74, 6) is 3.57. The number of nitrogens with one attached hydrogen (secondary N) is 1. The molecule has 1 rings (SSSR count). The molecule has 0 spiro atoms. The van der Waals surface area contributed by atoms with Gasteiger partial charge in [-0.15, -0.1) is 18.2 Å². The van der Waals surface area contributed by atoms with Crippen LogP contribution in [0.1, 0.15) is 0 Å². The predicted molar refractivity (Wildman–Crippen MR) is 56.7 cm³/mol. The lowest BCUT2D eigenvalue weighted by Gasteiger charge is -2.00. The van der Waals surface area contributed by atoms with Crippen molar-refractivity contribution in [3.05, 3.63) is 24.5 Å². The summed E-state index contributed by atoms with van der Waals surface area (Å²) in [6, 6.07) is 4.01. The Balaban J connectivity index is 2.11. The molecule has 68 valence electrons. The van der Waals surface area contributed by atoms with E-state index >= 15 is 0 Å². The molecular formula is C10H12N2S. The summed E-state index contributed by atoms with van der Waals surface area (Å²) in [7, 11) is 0. The Morgan fingerprint density at radius 3 is 2.92 bits per heavy atom. The van der Waals surface area contributed by atoms with Gasteiger partial charge in [-0.2, -0.15) is 0 Å². The van der Waals surface area contributed by atoms with Crippen LogP contribution in [0.2, 0.25) is 0 Å². The highest BCUT2D eigenvalue weighted by molar-refractivity contribution is 7.99. The number of nitrogens with zero attached hydrogens (tertiary/aromatic N) is 1. The van der Waals surface area contributed by atoms with Gasteiger partial charge in [0, 0.05) is 29.6 Å². The second kappa shape index (κ2) is 6.53. The van der Waals surface area contributed by atoms with Gasteiger partial charge in [0.05, 0.1) is 6.54 Å². The molecule has 0 fully saturated rings. The third kappa shape index (κ3) is 4.56. The number of thioether (sulfide) groups is 1. The Labute approximate surface area is 83.1 Å². The van der Waals surface area contributed by atoms with E-state index in [9.17, 15) is 0 Å². The molecule has 1 aromatic rings. The van der Waals surface area contributed by atoms with Gasteiger partial charge >= 0.3 is 0 Å². The van der Waals surface area contributed by atoms with Gasteiger partial charge in [-0.1, -0.05) is 5.92 Å². The fraction of sp³-hybridized carbons (Fsp3) is 0.300. The summed E-state index contributed by atoms with van der Waals surface area (Å²) >= 11 is 1.80. The van der Waals surface area contributed by atoms with Crippen molar-refractivity contribution in [1.29, 1.82) is 0 Å². The molecule has 0 aromatic carbocycles. The SMILES string of the molecule is C#CCNCCSc1ccncc1. The average molecular weight is 192 g/mol. The van der Waals surface area contributed by atoms with E-state index in [1.54, 1.807) is 24.2 Å². The summed E-state index contributed by atoms with van der Waals surface area (Å²) in [5.41, 5.74) is 0. The van der Waals surface area contributed by atoms with E-state index in [0.717, 1.165) is 12.3 Å². The highest BCUT2D eigenvalue weighted by Gasteiger charge is 1.91. The van der Waals surface area contributed by atoms with Crippen LogP contribution in [0, 0.1) is 12.3 Å². The predicted octanol–water partition coefficient (Wildman–Crippen LogP) is 1.40. The highest BCUT2D eigenvalue weighted by atomic mass is 32.2. The van der Waals surface area contributed by atoms with Crippen molar-refractivity contribution in [2.75, 3.05) is 18.8 Å². The van der Waals surface area contributed by atoms with E-state index in [1.807, 2.05) is 12.1 Å². The number of aromatic nitrogens is 1. The molecule has 0 saturated carbocycles. The monoisotopic (exact) mass is 192 g/mol. The molecule has 0 aliphatic heterocycles. The van der Waals surface area contributed by atoms with Gasteiger partial charge in [0.1, 0.15) is 0 Å². The highest BCUT2D eigenvalue weighted by Crippen LogP contribution is 2.14. The maximum absolute atomic E-state index is 5.09. The van der Waals surface area contributed by atoms with E-state index in [-0.39, 0.29) is 0 Å². The average Bonchev–Trinajstić information content (AvgIpc) is 2.19. The molecule has 0 aliphatic carbocycles. The molecule has 1 aromatic heterocycles. The molecule has 0 bridgehead atoms. The molecule has 0 atom stereocenters. The van der Waals surface area contributed by atoms with Gasteiger partial charge in [0.25, 0.3) is 0 Å². The van der Waals surface area contributed by atoms with Crippen LogP contribution in [0.25, 0.3) is 0 Å². The zero-order valence-corrected chi connectivity index (χ0v) is 8.18. The first-order valence-electron chi connectivity index (χ1n) is 4.10. The molecule has 0 amide bonds. The number of rotatable bonds is 5. The Hall–Kier alpha value is -0.980.